The van der Waals surface area contributed by atoms with E-state index < -0.39 is 11.6 Å². The molecule has 1 aromatic heterocycles. The van der Waals surface area contributed by atoms with Crippen molar-refractivity contribution in [2.45, 2.75) is 31.9 Å². The predicted octanol–water partition coefficient (Wildman–Crippen LogP) is 4.36. The highest BCUT2D eigenvalue weighted by Gasteiger charge is 2.32. The molecule has 2 heterocycles. The molecule has 2 aliphatic rings. The average Bonchev–Trinajstić information content (AvgIpc) is 3.51. The monoisotopic (exact) mass is 444 g/mol. The number of rotatable bonds is 7. The van der Waals surface area contributed by atoms with Crippen LogP contribution >= 0.6 is 0 Å². The van der Waals surface area contributed by atoms with E-state index in [9.17, 15) is 8.78 Å². The number of nitrogens with zero attached hydrogens (tertiary/aromatic N) is 4. The van der Waals surface area contributed by atoms with Gasteiger partial charge in [-0.15, -0.1) is 5.10 Å². The van der Waals surface area contributed by atoms with E-state index in [1.807, 2.05) is 19.1 Å². The third kappa shape index (κ3) is 5.05. The first kappa shape index (κ1) is 20.8. The third-order valence-electron chi connectivity index (χ3n) is 5.70. The van der Waals surface area contributed by atoms with Crippen LogP contribution in [0, 0.1) is 18.6 Å². The number of aryl methyl sites for hydroxylation is 1. The van der Waals surface area contributed by atoms with E-state index in [4.69, 9.17) is 4.74 Å². The van der Waals surface area contributed by atoms with Gasteiger partial charge in [0.2, 0.25) is 5.95 Å². The van der Waals surface area contributed by atoms with Crippen molar-refractivity contribution in [1.29, 1.82) is 0 Å². The Hall–Kier alpha value is -3.04. The Bertz CT molecular complexity index is 1090. The van der Waals surface area contributed by atoms with Crippen LogP contribution in [0.5, 0.6) is 0 Å². The van der Waals surface area contributed by atoms with Crippen LogP contribution in [0.4, 0.5) is 26.1 Å². The van der Waals surface area contributed by atoms with E-state index in [0.717, 1.165) is 55.3 Å². The van der Waals surface area contributed by atoms with E-state index in [0.29, 0.717) is 5.95 Å². The zero-order valence-corrected chi connectivity index (χ0v) is 17.9. The van der Waals surface area contributed by atoms with Gasteiger partial charge in [-0.3, -0.25) is 4.90 Å². The number of morpholine rings is 1. The number of nitrogens with one attached hydrogen (secondary N) is 2. The van der Waals surface area contributed by atoms with Gasteiger partial charge in [-0.05, 0) is 55.7 Å². The van der Waals surface area contributed by atoms with Gasteiger partial charge in [0, 0.05) is 46.0 Å². The molecule has 172 valence electrons. The summed E-state index contributed by atoms with van der Waals surface area (Å²) in [7, 11) is 0. The summed E-state index contributed by atoms with van der Waals surface area (Å²) in [5, 5.41) is 10.9. The maximum absolute atomic E-state index is 13.5. The largest absolute Gasteiger partial charge is 0.382 e. The molecule has 1 saturated carbocycles. The summed E-state index contributed by atoms with van der Waals surface area (Å²) in [4.78, 5) is 6.74. The molecule has 2 fully saturated rings. The number of halogens is 2. The molecule has 0 amide bonds. The molecular weight excluding hydrogens is 414 g/mol. The SMILES string of the molecule is Cc1cc(NCC2CN(C3CC3)CCO2)cc(Nc2ncn(-c3cc(F)cc(F)c3)n2)c1.[HH].[HH]. The maximum Gasteiger partial charge on any atom is 0.246 e. The van der Waals surface area contributed by atoms with Crippen LogP contribution < -0.4 is 10.6 Å². The van der Waals surface area contributed by atoms with Crippen molar-refractivity contribution in [2.75, 3.05) is 36.9 Å². The highest BCUT2D eigenvalue weighted by atomic mass is 19.1. The van der Waals surface area contributed by atoms with Crippen molar-refractivity contribution in [3.63, 3.8) is 0 Å². The first-order chi connectivity index (χ1) is 15.5. The molecule has 9 heteroatoms. The van der Waals surface area contributed by atoms with Crippen molar-refractivity contribution < 1.29 is 16.4 Å². The van der Waals surface area contributed by atoms with Crippen molar-refractivity contribution in [3.8, 4) is 5.69 Å². The smallest absolute Gasteiger partial charge is 0.246 e. The molecule has 3 aromatic rings. The van der Waals surface area contributed by atoms with Gasteiger partial charge in [-0.25, -0.2) is 13.5 Å². The van der Waals surface area contributed by atoms with Crippen LogP contribution in [0.25, 0.3) is 5.69 Å². The number of anilines is 3. The van der Waals surface area contributed by atoms with Gasteiger partial charge < -0.3 is 15.4 Å². The fraction of sp³-hybridized carbons (Fsp3) is 0.391. The Morgan fingerprint density at radius 2 is 1.88 bits per heavy atom. The minimum atomic E-state index is -0.665. The lowest BCUT2D eigenvalue weighted by Crippen LogP contribution is -2.46. The molecule has 0 radical (unpaired) electrons. The number of aromatic nitrogens is 3. The van der Waals surface area contributed by atoms with Gasteiger partial charge >= 0.3 is 0 Å². The zero-order valence-electron chi connectivity index (χ0n) is 17.9. The fourth-order valence-electron chi connectivity index (χ4n) is 4.07. The van der Waals surface area contributed by atoms with Crippen molar-refractivity contribution >= 4 is 17.3 Å². The Kier molecular flexibility index (Phi) is 5.75. The number of ether oxygens (including phenoxy) is 1. The summed E-state index contributed by atoms with van der Waals surface area (Å²) in [6.45, 7) is 5.54. The lowest BCUT2D eigenvalue weighted by atomic mass is 10.2. The summed E-state index contributed by atoms with van der Waals surface area (Å²) >= 11 is 0. The van der Waals surface area contributed by atoms with Gasteiger partial charge in [-0.2, -0.15) is 4.98 Å². The maximum atomic E-state index is 13.5. The standard InChI is InChI=1S/C23H26F2N6O.2H2/c1-15-6-18(26-12-22-13-30(4-5-32-22)20-2-3-20)11-19(7-15)28-23-27-14-31(29-23)21-9-16(24)8-17(25)10-21;;/h6-11,14,20,22,26H,2-5,12-13H2,1H3,(H,28,29);2*1H. The minimum Gasteiger partial charge on any atom is -0.382 e. The Labute approximate surface area is 188 Å². The van der Waals surface area contributed by atoms with Crippen LogP contribution in [0.1, 0.15) is 21.3 Å². The molecule has 1 aliphatic heterocycles. The summed E-state index contributed by atoms with van der Waals surface area (Å²) in [5.74, 6) is -0.995. The second kappa shape index (κ2) is 8.84. The molecule has 7 nitrogen and oxygen atoms in total. The zero-order chi connectivity index (χ0) is 22.1. The van der Waals surface area contributed by atoms with Crippen molar-refractivity contribution in [1.82, 2.24) is 19.7 Å². The molecule has 32 heavy (non-hydrogen) atoms. The minimum absolute atomic E-state index is 0. The van der Waals surface area contributed by atoms with Crippen molar-refractivity contribution in [2.24, 2.45) is 0 Å². The van der Waals surface area contributed by atoms with E-state index in [1.54, 1.807) is 0 Å². The third-order valence-corrected chi connectivity index (χ3v) is 5.70. The highest BCUT2D eigenvalue weighted by molar-refractivity contribution is 5.63. The summed E-state index contributed by atoms with van der Waals surface area (Å²) in [6.07, 6.45) is 4.21. The van der Waals surface area contributed by atoms with Crippen LogP contribution in [-0.2, 0) is 4.74 Å². The second-order valence-electron chi connectivity index (χ2n) is 8.45. The number of benzene rings is 2. The summed E-state index contributed by atoms with van der Waals surface area (Å²) < 4.78 is 34.2. The molecule has 2 aromatic carbocycles. The first-order valence-electron chi connectivity index (χ1n) is 10.9. The van der Waals surface area contributed by atoms with Gasteiger partial charge in [0.25, 0.3) is 0 Å². The van der Waals surface area contributed by atoms with Crippen LogP contribution in [0.2, 0.25) is 0 Å². The lowest BCUT2D eigenvalue weighted by Gasteiger charge is -2.33. The van der Waals surface area contributed by atoms with Gasteiger partial charge in [-0.1, -0.05) is 0 Å². The van der Waals surface area contributed by atoms with Crippen LogP contribution in [-0.4, -0.2) is 58.1 Å². The molecule has 1 atom stereocenters. The molecular formula is C23H30F2N6O. The van der Waals surface area contributed by atoms with Crippen LogP contribution in [0.3, 0.4) is 0 Å². The summed E-state index contributed by atoms with van der Waals surface area (Å²) in [6, 6.07) is 10.0. The van der Waals surface area contributed by atoms with Crippen molar-refractivity contribution in [3.05, 3.63) is 59.9 Å². The molecule has 0 bridgehead atoms. The fourth-order valence-corrected chi connectivity index (χ4v) is 4.07. The van der Waals surface area contributed by atoms with E-state index in [-0.39, 0.29) is 14.6 Å². The van der Waals surface area contributed by atoms with Gasteiger partial charge in [0.1, 0.15) is 18.0 Å². The Morgan fingerprint density at radius 1 is 1.09 bits per heavy atom. The molecule has 1 aliphatic carbocycles. The topological polar surface area (TPSA) is 67.2 Å². The second-order valence-corrected chi connectivity index (χ2v) is 8.45. The van der Waals surface area contributed by atoms with Gasteiger partial charge in [0.15, 0.2) is 0 Å². The number of hydrogen-bond donors (Lipinski definition) is 2. The molecule has 0 spiro atoms. The lowest BCUT2D eigenvalue weighted by molar-refractivity contribution is -0.0241. The Morgan fingerprint density at radius 3 is 2.66 bits per heavy atom. The molecule has 1 saturated heterocycles. The van der Waals surface area contributed by atoms with E-state index >= 15 is 0 Å². The number of hydrogen-bond acceptors (Lipinski definition) is 6. The van der Waals surface area contributed by atoms with E-state index in [1.165, 1.54) is 36.0 Å². The van der Waals surface area contributed by atoms with Crippen LogP contribution in [0.15, 0.2) is 42.7 Å². The van der Waals surface area contributed by atoms with E-state index in [2.05, 4.69) is 31.7 Å². The first-order valence-corrected chi connectivity index (χ1v) is 10.9. The Balaban J connectivity index is 0.00000162. The average molecular weight is 445 g/mol. The quantitative estimate of drug-likeness (QED) is 0.564. The predicted molar refractivity (Wildman–Crippen MR) is 123 cm³/mol. The molecule has 1 unspecified atom stereocenters. The molecule has 2 N–H and O–H groups in total. The van der Waals surface area contributed by atoms with Gasteiger partial charge in [0.05, 0.1) is 18.4 Å². The molecule has 5 rings (SSSR count). The summed E-state index contributed by atoms with van der Waals surface area (Å²) in [5.41, 5.74) is 3.14. The normalized spacial score (nSPS) is 19.2. The highest BCUT2D eigenvalue weighted by Crippen LogP contribution is 2.28.